The molecular weight excluding hydrogens is 228 g/mol. The minimum atomic E-state index is -0.641. The second kappa shape index (κ2) is 6.85. The minimum Gasteiger partial charge on any atom is -0.389 e. The molecule has 0 saturated carbocycles. The van der Waals surface area contributed by atoms with Gasteiger partial charge in [0.2, 0.25) is 0 Å². The first kappa shape index (κ1) is 15.1. The van der Waals surface area contributed by atoms with Crippen molar-refractivity contribution in [3.05, 3.63) is 12.2 Å². The highest BCUT2D eigenvalue weighted by Gasteiger charge is 2.18. The summed E-state index contributed by atoms with van der Waals surface area (Å²) in [4.78, 5) is 4.24. The van der Waals surface area contributed by atoms with E-state index in [2.05, 4.69) is 36.2 Å². The molecular formula is C13H26N4O. The molecule has 5 heteroatoms. The van der Waals surface area contributed by atoms with E-state index in [9.17, 15) is 5.11 Å². The zero-order valence-electron chi connectivity index (χ0n) is 12.0. The third-order valence-corrected chi connectivity index (χ3v) is 2.81. The third-order valence-electron chi connectivity index (χ3n) is 2.81. The molecule has 0 aliphatic carbocycles. The Balaban J connectivity index is 2.42. The Kier molecular flexibility index (Phi) is 5.75. The molecule has 1 rings (SSSR count). The van der Waals surface area contributed by atoms with E-state index < -0.39 is 5.60 Å². The van der Waals surface area contributed by atoms with E-state index >= 15 is 0 Å². The summed E-state index contributed by atoms with van der Waals surface area (Å²) in [5.74, 6) is 1.48. The van der Waals surface area contributed by atoms with Gasteiger partial charge in [0.1, 0.15) is 12.2 Å². The molecule has 18 heavy (non-hydrogen) atoms. The van der Waals surface area contributed by atoms with Crippen molar-refractivity contribution in [1.82, 2.24) is 20.1 Å². The molecule has 1 heterocycles. The van der Waals surface area contributed by atoms with Gasteiger partial charge in [0, 0.05) is 13.1 Å². The largest absolute Gasteiger partial charge is 0.389 e. The average molecular weight is 254 g/mol. The Hall–Kier alpha value is -0.940. The molecule has 0 fully saturated rings. The number of aliphatic hydroxyl groups is 1. The number of rotatable bonds is 8. The first-order valence-corrected chi connectivity index (χ1v) is 6.74. The van der Waals surface area contributed by atoms with Crippen LogP contribution in [0.3, 0.4) is 0 Å². The van der Waals surface area contributed by atoms with Crippen LogP contribution in [0.2, 0.25) is 0 Å². The lowest BCUT2D eigenvalue weighted by atomic mass is 10.0. The summed E-state index contributed by atoms with van der Waals surface area (Å²) in [6, 6.07) is 0. The normalized spacial score (nSPS) is 15.0. The molecule has 0 saturated heterocycles. The first-order chi connectivity index (χ1) is 8.44. The summed E-state index contributed by atoms with van der Waals surface area (Å²) in [6.45, 7) is 10.4. The smallest absolute Gasteiger partial charge is 0.140 e. The molecule has 0 bridgehead atoms. The Morgan fingerprint density at radius 3 is 2.83 bits per heavy atom. The summed E-state index contributed by atoms with van der Waals surface area (Å²) in [5.41, 5.74) is -0.641. The molecule has 1 aromatic rings. The molecule has 0 radical (unpaired) electrons. The highest BCUT2D eigenvalue weighted by atomic mass is 16.3. The molecule has 5 nitrogen and oxygen atoms in total. The van der Waals surface area contributed by atoms with E-state index in [1.807, 2.05) is 11.6 Å². The monoisotopic (exact) mass is 254 g/mol. The zero-order chi connectivity index (χ0) is 13.6. The molecule has 0 spiro atoms. The maximum atomic E-state index is 10.1. The lowest BCUT2D eigenvalue weighted by molar-refractivity contribution is 0.0495. The molecule has 1 unspecified atom stereocenters. The van der Waals surface area contributed by atoms with Crippen molar-refractivity contribution in [3.8, 4) is 0 Å². The molecule has 104 valence electrons. The third kappa shape index (κ3) is 5.14. The van der Waals surface area contributed by atoms with Crippen molar-refractivity contribution in [2.75, 3.05) is 6.54 Å². The fourth-order valence-electron chi connectivity index (χ4n) is 1.99. The summed E-state index contributed by atoms with van der Waals surface area (Å²) in [5, 5.41) is 17.5. The van der Waals surface area contributed by atoms with Crippen LogP contribution in [0.1, 0.15) is 46.4 Å². The van der Waals surface area contributed by atoms with Gasteiger partial charge in [0.05, 0.1) is 12.1 Å². The highest BCUT2D eigenvalue weighted by Crippen LogP contribution is 2.10. The maximum absolute atomic E-state index is 10.1. The van der Waals surface area contributed by atoms with Crippen molar-refractivity contribution in [3.63, 3.8) is 0 Å². The van der Waals surface area contributed by atoms with Gasteiger partial charge in [-0.05, 0) is 19.3 Å². The molecule has 0 amide bonds. The number of nitrogens with zero attached hydrogens (tertiary/aromatic N) is 3. The van der Waals surface area contributed by atoms with Crippen molar-refractivity contribution < 1.29 is 5.11 Å². The molecule has 2 N–H and O–H groups in total. The second-order valence-electron chi connectivity index (χ2n) is 5.60. The molecule has 0 aromatic carbocycles. The minimum absolute atomic E-state index is 0.550. The van der Waals surface area contributed by atoms with E-state index in [4.69, 9.17) is 0 Å². The lowest BCUT2D eigenvalue weighted by Crippen LogP contribution is -2.37. The van der Waals surface area contributed by atoms with Gasteiger partial charge in [-0.1, -0.05) is 27.2 Å². The molecule has 1 aromatic heterocycles. The van der Waals surface area contributed by atoms with Gasteiger partial charge >= 0.3 is 0 Å². The quantitative estimate of drug-likeness (QED) is 0.739. The fraction of sp³-hybridized carbons (Fsp3) is 0.846. The lowest BCUT2D eigenvalue weighted by Gasteiger charge is -2.23. The van der Waals surface area contributed by atoms with Crippen LogP contribution in [0, 0.1) is 5.92 Å². The fourth-order valence-corrected chi connectivity index (χ4v) is 1.99. The first-order valence-electron chi connectivity index (χ1n) is 6.74. The van der Waals surface area contributed by atoms with E-state index in [1.54, 1.807) is 6.33 Å². The Bertz CT molecular complexity index is 347. The van der Waals surface area contributed by atoms with Gasteiger partial charge in [-0.3, -0.25) is 0 Å². The Labute approximate surface area is 110 Å². The predicted molar refractivity (Wildman–Crippen MR) is 72.1 cm³/mol. The van der Waals surface area contributed by atoms with Crippen molar-refractivity contribution in [1.29, 1.82) is 0 Å². The van der Waals surface area contributed by atoms with E-state index in [0.717, 1.165) is 25.2 Å². The van der Waals surface area contributed by atoms with Crippen LogP contribution < -0.4 is 5.32 Å². The van der Waals surface area contributed by atoms with Crippen molar-refractivity contribution in [2.24, 2.45) is 5.92 Å². The van der Waals surface area contributed by atoms with Gasteiger partial charge in [-0.2, -0.15) is 5.10 Å². The van der Waals surface area contributed by atoms with Crippen LogP contribution >= 0.6 is 0 Å². The van der Waals surface area contributed by atoms with Gasteiger partial charge in [0.15, 0.2) is 0 Å². The van der Waals surface area contributed by atoms with E-state index in [1.165, 1.54) is 0 Å². The van der Waals surface area contributed by atoms with Crippen LogP contribution in [-0.2, 0) is 13.1 Å². The predicted octanol–water partition coefficient (Wildman–Crippen LogP) is 1.57. The van der Waals surface area contributed by atoms with Crippen LogP contribution in [0.15, 0.2) is 6.33 Å². The number of nitrogens with one attached hydrogen (secondary N) is 1. The van der Waals surface area contributed by atoms with Gasteiger partial charge in [0.25, 0.3) is 0 Å². The summed E-state index contributed by atoms with van der Waals surface area (Å²) >= 11 is 0. The standard InChI is InChI=1S/C13H26N4O/c1-5-6-13(4,18)9-14-7-12-15-10-16-17(12)8-11(2)3/h10-11,14,18H,5-9H2,1-4H3. The van der Waals surface area contributed by atoms with Crippen LogP contribution in [0.25, 0.3) is 0 Å². The van der Waals surface area contributed by atoms with Crippen molar-refractivity contribution >= 4 is 0 Å². The number of hydrogen-bond acceptors (Lipinski definition) is 4. The van der Waals surface area contributed by atoms with Gasteiger partial charge < -0.3 is 10.4 Å². The van der Waals surface area contributed by atoms with Crippen molar-refractivity contribution in [2.45, 2.75) is 59.2 Å². The molecule has 0 aliphatic rings. The summed E-state index contributed by atoms with van der Waals surface area (Å²) in [7, 11) is 0. The van der Waals surface area contributed by atoms with Crippen LogP contribution in [0.4, 0.5) is 0 Å². The van der Waals surface area contributed by atoms with Gasteiger partial charge in [-0.25, -0.2) is 9.67 Å². The Morgan fingerprint density at radius 1 is 1.50 bits per heavy atom. The molecule has 1 atom stereocenters. The van der Waals surface area contributed by atoms with E-state index in [0.29, 0.717) is 19.0 Å². The SMILES string of the molecule is CCCC(C)(O)CNCc1ncnn1CC(C)C. The van der Waals surface area contributed by atoms with E-state index in [-0.39, 0.29) is 0 Å². The highest BCUT2D eigenvalue weighted by molar-refractivity contribution is 4.85. The van der Waals surface area contributed by atoms with Crippen LogP contribution in [-0.4, -0.2) is 32.0 Å². The maximum Gasteiger partial charge on any atom is 0.140 e. The van der Waals surface area contributed by atoms with Crippen LogP contribution in [0.5, 0.6) is 0 Å². The zero-order valence-corrected chi connectivity index (χ0v) is 12.0. The summed E-state index contributed by atoms with van der Waals surface area (Å²) in [6.07, 6.45) is 3.38. The van der Waals surface area contributed by atoms with Gasteiger partial charge in [-0.15, -0.1) is 0 Å². The topological polar surface area (TPSA) is 63.0 Å². The number of hydrogen-bond donors (Lipinski definition) is 2. The Morgan fingerprint density at radius 2 is 2.22 bits per heavy atom. The second-order valence-corrected chi connectivity index (χ2v) is 5.60. The summed E-state index contributed by atoms with van der Waals surface area (Å²) < 4.78 is 1.92. The molecule has 0 aliphatic heterocycles. The number of aromatic nitrogens is 3. The average Bonchev–Trinajstić information content (AvgIpc) is 2.64.